The number of hydrogen-bond acceptors (Lipinski definition) is 2. The third-order valence-corrected chi connectivity index (χ3v) is 18.4. The third kappa shape index (κ3) is 8.97. The molecule has 2 heterocycles. The van der Waals surface area contributed by atoms with Crippen LogP contribution in [0, 0.1) is 0 Å². The standard InChI is InChI=1S/C81H60N2S/c1-3-5-6-7-20-54-33-41-60(42-34-54)82(62-45-37-56(38-46-62)66-30-18-32-80-81(66)74-29-16-17-31-79(74)84-80)61-43-35-55(36-44-61)57-40-50-78-76(52-57)73(48-39-59-51-58-21-8-9-22-64(58)67-24-11-10-23-65(59)67)77(19-4-2)83(78)63-47-49-72-70-27-13-12-25-68(70)69-26-14-15-28-71(69)75(72)53-63/h3-6,8-17,19,21-31,33-53H,1,7,18,20,32H2,2H3/b6-5-,19-4-,48-39+. The summed E-state index contributed by atoms with van der Waals surface area (Å²) in [7, 11) is 0. The predicted molar refractivity (Wildman–Crippen MR) is 366 cm³/mol. The van der Waals surface area contributed by atoms with Crippen LogP contribution in [0.15, 0.2) is 274 Å². The highest BCUT2D eigenvalue weighted by Crippen LogP contribution is 2.45. The summed E-state index contributed by atoms with van der Waals surface area (Å²) in [5.41, 5.74) is 16.7. The summed E-state index contributed by atoms with van der Waals surface area (Å²) in [4.78, 5) is 3.89. The van der Waals surface area contributed by atoms with Gasteiger partial charge in [0, 0.05) is 54.2 Å². The molecule has 12 aromatic carbocycles. The first-order valence-corrected chi connectivity index (χ1v) is 30.2. The van der Waals surface area contributed by atoms with Gasteiger partial charge < -0.3 is 9.47 Å². The van der Waals surface area contributed by atoms with Crippen LogP contribution in [-0.4, -0.2) is 4.57 Å². The SMILES string of the molecule is C=C/C=C\CCc1ccc(N(c2ccc(C3=CCCc4sc5ccccc5c43)cc2)c2ccc(-c3ccc4c(c3)c(/C=C/c3cc5ccccc5c5ccccc35)c(/C=C\C)n4-c3ccc4c5ccccc5c5ccccc5c4c3)cc2)cc1. The fraction of sp³-hybridized carbons (Fsp3) is 0.0617. The minimum atomic E-state index is 0.972. The second-order valence-electron chi connectivity index (χ2n) is 22.1. The van der Waals surface area contributed by atoms with Gasteiger partial charge in [0.05, 0.1) is 11.2 Å². The van der Waals surface area contributed by atoms with Crippen molar-refractivity contribution >= 4 is 127 Å². The zero-order valence-electron chi connectivity index (χ0n) is 47.0. The van der Waals surface area contributed by atoms with Gasteiger partial charge in [-0.05, 0) is 199 Å². The topological polar surface area (TPSA) is 8.17 Å². The first kappa shape index (κ1) is 50.9. The Morgan fingerprint density at radius 3 is 1.77 bits per heavy atom. The van der Waals surface area contributed by atoms with Crippen molar-refractivity contribution in [3.8, 4) is 16.8 Å². The molecule has 0 saturated carbocycles. The number of rotatable bonds is 13. The van der Waals surface area contributed by atoms with Crippen molar-refractivity contribution in [3.63, 3.8) is 0 Å². The van der Waals surface area contributed by atoms with Crippen LogP contribution in [0.2, 0.25) is 0 Å². The van der Waals surface area contributed by atoms with Crippen molar-refractivity contribution < 1.29 is 0 Å². The molecule has 14 aromatic rings. The van der Waals surface area contributed by atoms with Gasteiger partial charge in [0.1, 0.15) is 0 Å². The van der Waals surface area contributed by atoms with Crippen molar-refractivity contribution in [1.29, 1.82) is 0 Å². The maximum absolute atomic E-state index is 3.86. The lowest BCUT2D eigenvalue weighted by atomic mass is 9.89. The normalized spacial score (nSPS) is 12.8. The Morgan fingerprint density at radius 1 is 0.500 bits per heavy atom. The van der Waals surface area contributed by atoms with Gasteiger partial charge in [-0.1, -0.05) is 213 Å². The molecule has 0 N–H and O–H groups in total. The molecular weight excluding hydrogens is 1030 g/mol. The van der Waals surface area contributed by atoms with Crippen molar-refractivity contribution in [3.05, 3.63) is 312 Å². The van der Waals surface area contributed by atoms with Gasteiger partial charge in [-0.3, -0.25) is 0 Å². The van der Waals surface area contributed by atoms with Gasteiger partial charge in [-0.2, -0.15) is 0 Å². The maximum atomic E-state index is 3.86. The summed E-state index contributed by atoms with van der Waals surface area (Å²) in [6.07, 6.45) is 21.8. The number of fused-ring (bicyclic) bond motifs is 13. The van der Waals surface area contributed by atoms with E-state index in [2.05, 4.69) is 296 Å². The Morgan fingerprint density at radius 2 is 1.08 bits per heavy atom. The van der Waals surface area contributed by atoms with E-state index in [0.29, 0.717) is 0 Å². The molecule has 0 saturated heterocycles. The average Bonchev–Trinajstić information content (AvgIpc) is 3.98. The third-order valence-electron chi connectivity index (χ3n) is 17.2. The number of aryl methyl sites for hydroxylation is 2. The van der Waals surface area contributed by atoms with E-state index in [1.54, 1.807) is 0 Å². The zero-order chi connectivity index (χ0) is 56.1. The molecule has 3 heteroatoms. The van der Waals surface area contributed by atoms with E-state index in [0.717, 1.165) is 70.8 Å². The van der Waals surface area contributed by atoms with Gasteiger partial charge in [0.2, 0.25) is 0 Å². The first-order chi connectivity index (χ1) is 41.6. The van der Waals surface area contributed by atoms with Gasteiger partial charge in [-0.15, -0.1) is 11.3 Å². The molecule has 0 radical (unpaired) electrons. The first-order valence-electron chi connectivity index (χ1n) is 29.4. The second kappa shape index (κ2) is 21.7. The van der Waals surface area contributed by atoms with Crippen LogP contribution >= 0.6 is 11.3 Å². The molecule has 0 spiro atoms. The Balaban J connectivity index is 0.856. The Labute approximate surface area is 494 Å². The van der Waals surface area contributed by atoms with Crippen molar-refractivity contribution in [2.75, 3.05) is 4.90 Å². The number of nitrogens with zero attached hydrogens (tertiary/aromatic N) is 2. The number of thiophene rings is 1. The van der Waals surface area contributed by atoms with E-state index < -0.39 is 0 Å². The molecule has 0 atom stereocenters. The van der Waals surface area contributed by atoms with Gasteiger partial charge in [0.25, 0.3) is 0 Å². The zero-order valence-corrected chi connectivity index (χ0v) is 47.8. The molecule has 0 amide bonds. The van der Waals surface area contributed by atoms with Crippen LogP contribution in [-0.2, 0) is 12.8 Å². The largest absolute Gasteiger partial charge is 0.311 e. The molecule has 1 aliphatic carbocycles. The molecule has 15 rings (SSSR count). The van der Waals surface area contributed by atoms with Crippen LogP contribution in [0.5, 0.6) is 0 Å². The highest BCUT2D eigenvalue weighted by atomic mass is 32.1. The predicted octanol–water partition coefficient (Wildman–Crippen LogP) is 23.0. The van der Waals surface area contributed by atoms with Crippen molar-refractivity contribution in [2.45, 2.75) is 32.6 Å². The molecule has 400 valence electrons. The lowest BCUT2D eigenvalue weighted by Gasteiger charge is -2.26. The average molecular weight is 1090 g/mol. The van der Waals surface area contributed by atoms with Gasteiger partial charge >= 0.3 is 0 Å². The lowest BCUT2D eigenvalue weighted by Crippen LogP contribution is -2.10. The molecular formula is C81H60N2S. The quantitative estimate of drug-likeness (QED) is 0.0825. The van der Waals surface area contributed by atoms with Crippen LogP contribution in [0.25, 0.3) is 115 Å². The van der Waals surface area contributed by atoms with Gasteiger partial charge in [0.15, 0.2) is 0 Å². The minimum absolute atomic E-state index is 0.972. The fourth-order valence-electron chi connectivity index (χ4n) is 13.3. The molecule has 0 bridgehead atoms. The summed E-state index contributed by atoms with van der Waals surface area (Å²) in [6, 6.07) is 88.2. The van der Waals surface area contributed by atoms with Crippen molar-refractivity contribution in [1.82, 2.24) is 4.57 Å². The maximum Gasteiger partial charge on any atom is 0.0541 e. The van der Waals surface area contributed by atoms with E-state index in [9.17, 15) is 0 Å². The number of hydrogen-bond donors (Lipinski definition) is 0. The van der Waals surface area contributed by atoms with Crippen LogP contribution in [0.4, 0.5) is 17.1 Å². The summed E-state index contributed by atoms with van der Waals surface area (Å²) < 4.78 is 3.84. The van der Waals surface area contributed by atoms with Crippen LogP contribution < -0.4 is 4.90 Å². The molecule has 84 heavy (non-hydrogen) atoms. The number of allylic oxidation sites excluding steroid dienone is 5. The molecule has 2 nitrogen and oxygen atoms in total. The summed E-state index contributed by atoms with van der Waals surface area (Å²) >= 11 is 1.95. The highest BCUT2D eigenvalue weighted by molar-refractivity contribution is 7.19. The lowest BCUT2D eigenvalue weighted by molar-refractivity contribution is 1.00. The molecule has 1 aliphatic rings. The Bertz CT molecular complexity index is 4990. The molecule has 2 aromatic heterocycles. The number of aromatic nitrogens is 1. The van der Waals surface area contributed by atoms with Crippen molar-refractivity contribution in [2.24, 2.45) is 0 Å². The molecule has 0 fully saturated rings. The monoisotopic (exact) mass is 1090 g/mol. The Kier molecular flexibility index (Phi) is 13.1. The number of benzene rings is 12. The molecule has 0 unspecified atom stereocenters. The summed E-state index contributed by atoms with van der Waals surface area (Å²) in [6.45, 7) is 5.98. The van der Waals surface area contributed by atoms with E-state index in [-0.39, 0.29) is 0 Å². The Hall–Kier alpha value is -10.1. The smallest absolute Gasteiger partial charge is 0.0541 e. The highest BCUT2D eigenvalue weighted by Gasteiger charge is 2.23. The van der Waals surface area contributed by atoms with Crippen LogP contribution in [0.3, 0.4) is 0 Å². The number of anilines is 3. The van der Waals surface area contributed by atoms with E-state index in [1.807, 2.05) is 23.5 Å². The second-order valence-corrected chi connectivity index (χ2v) is 23.2. The molecule has 0 aliphatic heterocycles. The van der Waals surface area contributed by atoms with Crippen LogP contribution in [0.1, 0.15) is 58.2 Å². The van der Waals surface area contributed by atoms with E-state index in [4.69, 9.17) is 0 Å². The van der Waals surface area contributed by atoms with E-state index in [1.165, 1.54) is 108 Å². The summed E-state index contributed by atoms with van der Waals surface area (Å²) in [5, 5.41) is 15.1. The minimum Gasteiger partial charge on any atom is -0.311 e. The summed E-state index contributed by atoms with van der Waals surface area (Å²) in [5.74, 6) is 0. The van der Waals surface area contributed by atoms with Gasteiger partial charge in [-0.25, -0.2) is 0 Å². The van der Waals surface area contributed by atoms with E-state index >= 15 is 0 Å². The fourth-order valence-corrected chi connectivity index (χ4v) is 14.5.